The Morgan fingerprint density at radius 2 is 1.68 bits per heavy atom. The quantitative estimate of drug-likeness (QED) is 0.749. The molecule has 0 aliphatic carbocycles. The van der Waals surface area contributed by atoms with E-state index in [2.05, 4.69) is 27.4 Å². The van der Waals surface area contributed by atoms with Gasteiger partial charge in [0, 0.05) is 51.0 Å². The molecule has 2 N–H and O–H groups in total. The van der Waals surface area contributed by atoms with Crippen LogP contribution in [0.2, 0.25) is 0 Å². The summed E-state index contributed by atoms with van der Waals surface area (Å²) >= 11 is 0. The van der Waals surface area contributed by atoms with Crippen molar-refractivity contribution in [2.45, 2.75) is 13.3 Å². The van der Waals surface area contributed by atoms with Crippen LogP contribution >= 0.6 is 0 Å². The fraction of sp³-hybridized carbons (Fsp3) is 0.611. The smallest absolute Gasteiger partial charge is 0.319 e. The summed E-state index contributed by atoms with van der Waals surface area (Å²) in [6.07, 6.45) is 1.21. The summed E-state index contributed by atoms with van der Waals surface area (Å²) in [6.45, 7) is 9.27. The fourth-order valence-corrected chi connectivity index (χ4v) is 2.97. The largest absolute Gasteiger partial charge is 0.493 e. The number of nitrogens with one attached hydrogen (secondary N) is 2. The molecule has 1 aromatic rings. The van der Waals surface area contributed by atoms with Crippen LogP contribution in [0.3, 0.4) is 0 Å². The van der Waals surface area contributed by atoms with Crippen LogP contribution in [-0.2, 0) is 0 Å². The van der Waals surface area contributed by atoms with Crippen LogP contribution in [-0.4, -0.2) is 75.9 Å². The minimum Gasteiger partial charge on any atom is -0.493 e. The number of piperazine rings is 1. The van der Waals surface area contributed by atoms with Crippen molar-refractivity contribution in [3.63, 3.8) is 0 Å². The van der Waals surface area contributed by atoms with Crippen molar-refractivity contribution in [3.8, 4) is 11.5 Å². The maximum absolute atomic E-state index is 12.0. The number of hydrogen-bond acceptors (Lipinski definition) is 5. The van der Waals surface area contributed by atoms with Gasteiger partial charge in [-0.25, -0.2) is 4.79 Å². The molecule has 1 aliphatic rings. The number of rotatable bonds is 8. The number of nitrogens with zero attached hydrogens (tertiary/aromatic N) is 2. The van der Waals surface area contributed by atoms with E-state index in [-0.39, 0.29) is 6.03 Å². The molecule has 1 saturated heterocycles. The first-order valence-corrected chi connectivity index (χ1v) is 8.87. The first-order valence-electron chi connectivity index (χ1n) is 8.87. The van der Waals surface area contributed by atoms with Crippen LogP contribution in [0.25, 0.3) is 0 Å². The monoisotopic (exact) mass is 350 g/mol. The molecule has 7 nitrogen and oxygen atoms in total. The number of carbonyl (C=O) groups is 1. The minimum absolute atomic E-state index is 0.211. The van der Waals surface area contributed by atoms with Gasteiger partial charge in [-0.3, -0.25) is 4.90 Å². The lowest BCUT2D eigenvalue weighted by Gasteiger charge is -2.34. The van der Waals surface area contributed by atoms with Crippen LogP contribution in [0.15, 0.2) is 18.2 Å². The molecule has 1 fully saturated rings. The number of methoxy groups -OCH3 is 2. The van der Waals surface area contributed by atoms with Crippen molar-refractivity contribution < 1.29 is 14.3 Å². The van der Waals surface area contributed by atoms with Crippen molar-refractivity contribution >= 4 is 11.7 Å². The number of benzene rings is 1. The molecule has 0 spiro atoms. The Hall–Kier alpha value is -1.99. The first-order chi connectivity index (χ1) is 12.2. The second-order valence-electron chi connectivity index (χ2n) is 6.13. The van der Waals surface area contributed by atoms with E-state index in [1.807, 2.05) is 0 Å². The van der Waals surface area contributed by atoms with Gasteiger partial charge in [0.05, 0.1) is 14.2 Å². The van der Waals surface area contributed by atoms with Crippen molar-refractivity contribution in [1.82, 2.24) is 15.1 Å². The van der Waals surface area contributed by atoms with Crippen LogP contribution < -0.4 is 20.1 Å². The van der Waals surface area contributed by atoms with E-state index in [4.69, 9.17) is 9.47 Å². The van der Waals surface area contributed by atoms with E-state index in [1.165, 1.54) is 13.0 Å². The standard InChI is InChI=1S/C18H30N4O3/c1-4-8-21-10-12-22(13-11-21)9-7-19-18(23)20-15-5-6-16(24-2)17(14-15)25-3/h5-6,14H,4,7-13H2,1-3H3,(H2,19,20,23). The molecular formula is C18H30N4O3. The third-order valence-electron chi connectivity index (χ3n) is 4.36. The zero-order valence-electron chi connectivity index (χ0n) is 15.5. The third kappa shape index (κ3) is 6.10. The molecule has 0 bridgehead atoms. The highest BCUT2D eigenvalue weighted by molar-refractivity contribution is 5.89. The zero-order chi connectivity index (χ0) is 18.1. The molecular weight excluding hydrogens is 320 g/mol. The lowest BCUT2D eigenvalue weighted by molar-refractivity contribution is 0.133. The van der Waals surface area contributed by atoms with Gasteiger partial charge in [0.25, 0.3) is 0 Å². The summed E-state index contributed by atoms with van der Waals surface area (Å²) < 4.78 is 10.4. The Morgan fingerprint density at radius 3 is 2.28 bits per heavy atom. The predicted molar refractivity (Wildman–Crippen MR) is 99.7 cm³/mol. The van der Waals surface area contributed by atoms with Gasteiger partial charge in [0.1, 0.15) is 0 Å². The molecule has 2 rings (SSSR count). The van der Waals surface area contributed by atoms with E-state index in [0.29, 0.717) is 23.7 Å². The number of anilines is 1. The lowest BCUT2D eigenvalue weighted by atomic mass is 10.3. The van der Waals surface area contributed by atoms with Crippen molar-refractivity contribution in [2.75, 3.05) is 65.3 Å². The van der Waals surface area contributed by atoms with Gasteiger partial charge in [0.2, 0.25) is 0 Å². The molecule has 7 heteroatoms. The fourth-order valence-electron chi connectivity index (χ4n) is 2.97. The average Bonchev–Trinajstić information content (AvgIpc) is 2.63. The molecule has 0 radical (unpaired) electrons. The second kappa shape index (κ2) is 10.1. The molecule has 0 saturated carbocycles. The highest BCUT2D eigenvalue weighted by atomic mass is 16.5. The Balaban J connectivity index is 1.69. The van der Waals surface area contributed by atoms with Gasteiger partial charge in [-0.15, -0.1) is 0 Å². The molecule has 1 heterocycles. The van der Waals surface area contributed by atoms with Crippen LogP contribution in [0.5, 0.6) is 11.5 Å². The Bertz CT molecular complexity index is 545. The van der Waals surface area contributed by atoms with Crippen LogP contribution in [0, 0.1) is 0 Å². The van der Waals surface area contributed by atoms with Gasteiger partial charge >= 0.3 is 6.03 Å². The van der Waals surface area contributed by atoms with E-state index < -0.39 is 0 Å². The Labute approximate surface area is 150 Å². The van der Waals surface area contributed by atoms with Crippen molar-refractivity contribution in [1.29, 1.82) is 0 Å². The van der Waals surface area contributed by atoms with Gasteiger partial charge in [-0.05, 0) is 25.1 Å². The van der Waals surface area contributed by atoms with E-state index in [1.54, 1.807) is 32.4 Å². The molecule has 140 valence electrons. The Kier molecular flexibility index (Phi) is 7.81. The Morgan fingerprint density at radius 1 is 1.04 bits per heavy atom. The number of ether oxygens (including phenoxy) is 2. The van der Waals surface area contributed by atoms with Crippen LogP contribution in [0.1, 0.15) is 13.3 Å². The molecule has 25 heavy (non-hydrogen) atoms. The first kappa shape index (κ1) is 19.3. The molecule has 2 amide bonds. The number of hydrogen-bond donors (Lipinski definition) is 2. The summed E-state index contributed by atoms with van der Waals surface area (Å²) in [5.74, 6) is 1.22. The summed E-state index contributed by atoms with van der Waals surface area (Å²) in [6, 6.07) is 5.08. The van der Waals surface area contributed by atoms with Crippen LogP contribution in [0.4, 0.5) is 10.5 Å². The predicted octanol–water partition coefficient (Wildman–Crippen LogP) is 1.85. The molecule has 0 atom stereocenters. The van der Waals surface area contributed by atoms with Gasteiger partial charge < -0.3 is 25.0 Å². The van der Waals surface area contributed by atoms with Crippen molar-refractivity contribution in [2.24, 2.45) is 0 Å². The van der Waals surface area contributed by atoms with Crippen molar-refractivity contribution in [3.05, 3.63) is 18.2 Å². The number of urea groups is 1. The summed E-state index contributed by atoms with van der Waals surface area (Å²) in [4.78, 5) is 16.9. The van der Waals surface area contributed by atoms with E-state index in [9.17, 15) is 4.79 Å². The molecule has 1 aromatic carbocycles. The zero-order valence-corrected chi connectivity index (χ0v) is 15.5. The highest BCUT2D eigenvalue weighted by Crippen LogP contribution is 2.29. The third-order valence-corrected chi connectivity index (χ3v) is 4.36. The number of carbonyl (C=O) groups excluding carboxylic acids is 1. The minimum atomic E-state index is -0.211. The van der Waals surface area contributed by atoms with E-state index >= 15 is 0 Å². The van der Waals surface area contributed by atoms with Gasteiger partial charge in [0.15, 0.2) is 11.5 Å². The highest BCUT2D eigenvalue weighted by Gasteiger charge is 2.15. The second-order valence-corrected chi connectivity index (χ2v) is 6.13. The average molecular weight is 350 g/mol. The normalized spacial score (nSPS) is 15.6. The summed E-state index contributed by atoms with van der Waals surface area (Å²) in [5.41, 5.74) is 0.670. The number of amides is 2. The molecule has 1 aliphatic heterocycles. The lowest BCUT2D eigenvalue weighted by Crippen LogP contribution is -2.48. The summed E-state index contributed by atoms with van der Waals surface area (Å²) in [7, 11) is 3.15. The SMILES string of the molecule is CCCN1CCN(CCNC(=O)Nc2ccc(OC)c(OC)c2)CC1. The maximum atomic E-state index is 12.0. The molecule has 0 unspecified atom stereocenters. The van der Waals surface area contributed by atoms with Gasteiger partial charge in [-0.1, -0.05) is 6.92 Å². The topological polar surface area (TPSA) is 66.1 Å². The van der Waals surface area contributed by atoms with Gasteiger partial charge in [-0.2, -0.15) is 0 Å². The molecule has 0 aromatic heterocycles. The maximum Gasteiger partial charge on any atom is 0.319 e. The summed E-state index contributed by atoms with van der Waals surface area (Å²) in [5, 5.41) is 5.72. The van der Waals surface area contributed by atoms with E-state index in [0.717, 1.165) is 32.7 Å².